The number of hydrogen-bond acceptors (Lipinski definition) is 12. The molecule has 18 nitrogen and oxygen atoms in total. The van der Waals surface area contributed by atoms with Gasteiger partial charge in [0.2, 0.25) is 0 Å². The fourth-order valence-corrected chi connectivity index (χ4v) is 11.8. The molecule has 0 radical (unpaired) electrons. The van der Waals surface area contributed by atoms with Crippen molar-refractivity contribution in [3.8, 4) is 12.1 Å². The first kappa shape index (κ1) is 66.8. The van der Waals surface area contributed by atoms with Gasteiger partial charge in [0, 0.05) is 38.3 Å². The lowest BCUT2D eigenvalue weighted by molar-refractivity contribution is -0.199. The molecule has 3 aliphatic carbocycles. The molecule has 3 heterocycles. The molecule has 3 aliphatic heterocycles. The predicted octanol–water partition coefficient (Wildman–Crippen LogP) is 6.80. The van der Waals surface area contributed by atoms with E-state index < -0.39 is 33.3 Å². The molecule has 6 amide bonds. The van der Waals surface area contributed by atoms with E-state index in [1.807, 2.05) is 96.1 Å². The summed E-state index contributed by atoms with van der Waals surface area (Å²) in [5.41, 5.74) is 2.14. The van der Waals surface area contributed by atoms with E-state index in [1.54, 1.807) is 22.0 Å². The number of allylic oxidation sites excluding steroid dienone is 2. The highest BCUT2D eigenvalue weighted by molar-refractivity contribution is 6.48. The Kier molecular flexibility index (Phi) is 26.3. The van der Waals surface area contributed by atoms with Crippen LogP contribution in [-0.4, -0.2) is 137 Å². The third-order valence-electron chi connectivity index (χ3n) is 16.0. The molecule has 6 aliphatic rings. The number of hydrogen-bond donors (Lipinski definition) is 8. The van der Waals surface area contributed by atoms with Crippen molar-refractivity contribution in [2.45, 2.75) is 176 Å². The Morgan fingerprint density at radius 3 is 1.61 bits per heavy atom. The second-order valence-electron chi connectivity index (χ2n) is 23.8. The van der Waals surface area contributed by atoms with Crippen molar-refractivity contribution in [3.05, 3.63) is 95.1 Å². The van der Waals surface area contributed by atoms with Crippen molar-refractivity contribution in [2.75, 3.05) is 26.2 Å². The van der Waals surface area contributed by atoms with Gasteiger partial charge in [0.25, 0.3) is 11.8 Å². The molecule has 21 heteroatoms. The van der Waals surface area contributed by atoms with Crippen molar-refractivity contribution in [1.29, 1.82) is 10.5 Å². The van der Waals surface area contributed by atoms with Crippen LogP contribution in [0.5, 0.6) is 0 Å². The van der Waals surface area contributed by atoms with E-state index in [9.17, 15) is 39.7 Å². The first-order chi connectivity index (χ1) is 37.5. The standard InChI is InChI=1S/C32H45BN4O4.C22H31BN4O4.C4H11BO2.CH4/c1-21(2)15-23(19-34)29(38)37-14-10-9-13-25(37)20-35-30(39)36-28(16-22-11-7-6-8-12-22)33-40-27-18-24-17-26(31(24,3)4)32(27,5)41-33;1-16(2)12-18(14-24)21(28)27-11-7-6-10-19(27)15-25-22(29)26-20(23(30)31)13-17-8-4-3-5-9-17;1-4(2)3-5(6)7;/h6-8,11-12,15,21,24-28H,9-10,13-14,16-18,20H2,1-5H3,(H2,35,36,39);3-5,8-9,12,16,19-20,30-31H,6-7,10-11,13,15H2,1-2H3,(H2,25,26,29);4,6-7H,3H2,1-2H3;1H4/t24-,25-,26-,27+,28-,32-;19-,20-;;/m00../s1. The van der Waals surface area contributed by atoms with Crippen LogP contribution >= 0.6 is 0 Å². The van der Waals surface area contributed by atoms with Crippen LogP contribution in [0, 0.1) is 57.7 Å². The van der Waals surface area contributed by atoms with Gasteiger partial charge in [-0.15, -0.1) is 0 Å². The summed E-state index contributed by atoms with van der Waals surface area (Å²) in [4.78, 5) is 55.1. The maximum Gasteiger partial charge on any atom is 0.482 e. The summed E-state index contributed by atoms with van der Waals surface area (Å²) >= 11 is 0. The van der Waals surface area contributed by atoms with Crippen molar-refractivity contribution >= 4 is 45.2 Å². The van der Waals surface area contributed by atoms with E-state index in [-0.39, 0.29) is 96.4 Å². The summed E-state index contributed by atoms with van der Waals surface area (Å²) in [6, 6.07) is 22.2. The molecule has 0 aromatic heterocycles. The SMILES string of the molecule is C.CC(C)C=C(C#N)C(=O)N1CCCC[C@H]1CNC(=O)N[C@@H](Cc1ccccc1)B(O)O.CC(C)C=C(C#N)C(=O)N1CCCC[C@H]1CNC(=O)N[C@@H](Cc1ccccc1)B1O[C@@H]2C[C@@H]3C[C@@H](C3(C)C)[C@]2(C)O1.CC(C)CB(O)O. The number of amides is 6. The molecule has 2 bridgehead atoms. The smallest absolute Gasteiger partial charge is 0.427 e. The van der Waals surface area contributed by atoms with E-state index >= 15 is 0 Å². The minimum absolute atomic E-state index is 0. The maximum atomic E-state index is 13.3. The van der Waals surface area contributed by atoms with Gasteiger partial charge in [0.15, 0.2) is 0 Å². The highest BCUT2D eigenvalue weighted by atomic mass is 16.7. The highest BCUT2D eigenvalue weighted by Crippen LogP contribution is 2.65. The number of carbonyl (C=O) groups is 4. The molecule has 436 valence electrons. The van der Waals surface area contributed by atoms with Crippen LogP contribution in [0.15, 0.2) is 84.0 Å². The van der Waals surface area contributed by atoms with Crippen LogP contribution in [0.3, 0.4) is 0 Å². The van der Waals surface area contributed by atoms with Crippen LogP contribution in [0.4, 0.5) is 9.59 Å². The van der Waals surface area contributed by atoms with E-state index in [4.69, 9.17) is 19.4 Å². The molecule has 8 atom stereocenters. The number of nitriles is 2. The van der Waals surface area contributed by atoms with Gasteiger partial charge in [0.1, 0.15) is 23.3 Å². The van der Waals surface area contributed by atoms with Gasteiger partial charge in [-0.3, -0.25) is 9.59 Å². The number of carbonyl (C=O) groups excluding carboxylic acids is 4. The van der Waals surface area contributed by atoms with Crippen molar-refractivity contribution < 1.29 is 48.6 Å². The topological polar surface area (TPSA) is 270 Å². The fourth-order valence-electron chi connectivity index (χ4n) is 11.8. The zero-order valence-electron chi connectivity index (χ0n) is 48.1. The van der Waals surface area contributed by atoms with Gasteiger partial charge in [-0.1, -0.05) is 136 Å². The summed E-state index contributed by atoms with van der Waals surface area (Å²) in [6.45, 7) is 20.1. The molecule has 8 rings (SSSR count). The average molecular weight is 1100 g/mol. The van der Waals surface area contributed by atoms with Crippen LogP contribution in [0.1, 0.15) is 132 Å². The Morgan fingerprint density at radius 2 is 1.20 bits per heavy atom. The minimum atomic E-state index is -1.71. The average Bonchev–Trinajstić information content (AvgIpc) is 3.78. The summed E-state index contributed by atoms with van der Waals surface area (Å²) in [6.07, 6.45) is 12.0. The van der Waals surface area contributed by atoms with Gasteiger partial charge in [-0.25, -0.2) is 9.59 Å². The first-order valence-electron chi connectivity index (χ1n) is 28.5. The van der Waals surface area contributed by atoms with Crippen molar-refractivity contribution in [3.63, 3.8) is 0 Å². The lowest BCUT2D eigenvalue weighted by Crippen LogP contribution is -2.65. The second kappa shape index (κ2) is 31.5. The van der Waals surface area contributed by atoms with E-state index in [0.717, 1.165) is 56.1 Å². The van der Waals surface area contributed by atoms with Crippen molar-refractivity contribution in [1.82, 2.24) is 31.1 Å². The minimum Gasteiger partial charge on any atom is -0.427 e. The lowest BCUT2D eigenvalue weighted by Gasteiger charge is -2.64. The molecular formula is C59H91B3N8O10. The molecule has 2 aromatic carbocycles. The van der Waals surface area contributed by atoms with E-state index in [1.165, 1.54) is 6.42 Å². The van der Waals surface area contributed by atoms with Gasteiger partial charge < -0.3 is 60.5 Å². The first-order valence-corrected chi connectivity index (χ1v) is 28.5. The summed E-state index contributed by atoms with van der Waals surface area (Å²) in [7, 11) is -3.38. The Bertz CT molecular complexity index is 2450. The third-order valence-corrected chi connectivity index (χ3v) is 16.0. The Labute approximate surface area is 477 Å². The number of benzene rings is 2. The maximum absolute atomic E-state index is 13.3. The van der Waals surface area contributed by atoms with Crippen LogP contribution in [0.2, 0.25) is 6.32 Å². The Balaban J connectivity index is 0.000000314. The number of piperidine rings is 2. The number of rotatable bonds is 18. The monoisotopic (exact) mass is 1100 g/mol. The lowest BCUT2D eigenvalue weighted by atomic mass is 9.43. The Hall–Kier alpha value is -5.67. The molecule has 6 fully saturated rings. The molecule has 0 unspecified atom stereocenters. The second-order valence-corrected chi connectivity index (χ2v) is 23.8. The summed E-state index contributed by atoms with van der Waals surface area (Å²) < 4.78 is 13.3. The number of nitrogens with zero attached hydrogens (tertiary/aromatic N) is 4. The number of likely N-dealkylation sites (tertiary alicyclic amines) is 2. The molecule has 80 heavy (non-hydrogen) atoms. The molecule has 3 saturated carbocycles. The molecule has 0 spiro atoms. The van der Waals surface area contributed by atoms with Gasteiger partial charge in [-0.2, -0.15) is 10.5 Å². The van der Waals surface area contributed by atoms with Gasteiger partial charge in [0.05, 0.1) is 23.6 Å². The predicted molar refractivity (Wildman–Crippen MR) is 314 cm³/mol. The normalized spacial score (nSPS) is 23.6. The zero-order valence-corrected chi connectivity index (χ0v) is 48.1. The number of nitrogens with one attached hydrogen (secondary N) is 4. The quantitative estimate of drug-likeness (QED) is 0.0435. The van der Waals surface area contributed by atoms with Gasteiger partial charge >= 0.3 is 33.4 Å². The summed E-state index contributed by atoms with van der Waals surface area (Å²) in [5, 5.41) is 66.3. The van der Waals surface area contributed by atoms with Gasteiger partial charge in [-0.05, 0) is 124 Å². The third kappa shape index (κ3) is 19.0. The van der Waals surface area contributed by atoms with Crippen LogP contribution in [0.25, 0.3) is 0 Å². The molecule has 8 N–H and O–H groups in total. The Morgan fingerprint density at radius 1 is 0.725 bits per heavy atom. The molecule has 3 saturated heterocycles. The summed E-state index contributed by atoms with van der Waals surface area (Å²) in [5.74, 6) is -0.157. The van der Waals surface area contributed by atoms with Crippen LogP contribution < -0.4 is 21.3 Å². The highest BCUT2D eigenvalue weighted by Gasteiger charge is 2.68. The molecule has 2 aromatic rings. The van der Waals surface area contributed by atoms with Crippen molar-refractivity contribution in [2.24, 2.45) is 35.0 Å². The fraction of sp³-hybridized carbons (Fsp3) is 0.627. The zero-order chi connectivity index (χ0) is 58.0. The largest absolute Gasteiger partial charge is 0.482 e. The van der Waals surface area contributed by atoms with E-state index in [0.29, 0.717) is 50.1 Å². The van der Waals surface area contributed by atoms with Crippen LogP contribution in [-0.2, 0) is 31.7 Å². The van der Waals surface area contributed by atoms with E-state index in [2.05, 4.69) is 60.2 Å². The molecular weight excluding hydrogens is 1010 g/mol. The number of urea groups is 2.